The van der Waals surface area contributed by atoms with Crippen molar-refractivity contribution in [2.24, 2.45) is 5.73 Å². The minimum absolute atomic E-state index is 0.159. The number of ether oxygens (including phenoxy) is 2. The number of hydrogen-bond donors (Lipinski definition) is 1. The normalized spacial score (nSPS) is 15.9. The average molecular weight is 450 g/mol. The minimum Gasteiger partial charge on any atom is -0.491 e. The van der Waals surface area contributed by atoms with Gasteiger partial charge in [0.25, 0.3) is 0 Å². The van der Waals surface area contributed by atoms with Gasteiger partial charge in [-0.3, -0.25) is 4.40 Å². The Kier molecular flexibility index (Phi) is 5.64. The number of pyridine rings is 2. The van der Waals surface area contributed by atoms with Crippen LogP contribution in [0.15, 0.2) is 48.8 Å². The Morgan fingerprint density at radius 3 is 2.73 bits per heavy atom. The lowest BCUT2D eigenvalue weighted by atomic mass is 9.90. The van der Waals surface area contributed by atoms with Gasteiger partial charge in [0.15, 0.2) is 0 Å². The fourth-order valence-electron chi connectivity index (χ4n) is 4.31. The van der Waals surface area contributed by atoms with Crippen molar-refractivity contribution in [2.75, 3.05) is 38.3 Å². The lowest BCUT2D eigenvalue weighted by Gasteiger charge is -2.38. The fourth-order valence-corrected chi connectivity index (χ4v) is 4.31. The molecule has 0 atom stereocenters. The van der Waals surface area contributed by atoms with Gasteiger partial charge >= 0.3 is 0 Å². The van der Waals surface area contributed by atoms with Gasteiger partial charge in [0.1, 0.15) is 23.8 Å². The van der Waals surface area contributed by atoms with E-state index in [4.69, 9.17) is 20.2 Å². The lowest BCUT2D eigenvalue weighted by molar-refractivity contribution is 0.146. The number of nitrogens with zero attached hydrogens (tertiary/aromatic N) is 4. The first kappa shape index (κ1) is 21.6. The number of benzene rings is 1. The first-order valence-corrected chi connectivity index (χ1v) is 11.2. The minimum atomic E-state index is -0.274. The van der Waals surface area contributed by atoms with Crippen LogP contribution in [-0.2, 0) is 4.74 Å². The highest BCUT2D eigenvalue weighted by Gasteiger charge is 2.27. The second kappa shape index (κ2) is 8.61. The molecule has 8 heteroatoms. The first-order chi connectivity index (χ1) is 15.9. The quantitative estimate of drug-likeness (QED) is 0.448. The number of imidazole rings is 1. The van der Waals surface area contributed by atoms with Crippen LogP contribution in [0.25, 0.3) is 27.9 Å². The molecule has 5 rings (SSSR count). The maximum Gasteiger partial charge on any atom is 0.140 e. The summed E-state index contributed by atoms with van der Waals surface area (Å²) in [7, 11) is 1.64. The van der Waals surface area contributed by atoms with Crippen molar-refractivity contribution >= 4 is 22.2 Å². The van der Waals surface area contributed by atoms with E-state index in [0.717, 1.165) is 54.4 Å². The third-order valence-corrected chi connectivity index (χ3v) is 6.33. The topological polar surface area (TPSA) is 77.9 Å². The second-order valence-corrected chi connectivity index (χ2v) is 8.88. The van der Waals surface area contributed by atoms with E-state index in [2.05, 4.69) is 16.8 Å². The van der Waals surface area contributed by atoms with E-state index in [1.165, 1.54) is 6.07 Å². The summed E-state index contributed by atoms with van der Waals surface area (Å²) in [4.78, 5) is 11.7. The Morgan fingerprint density at radius 2 is 1.94 bits per heavy atom. The fraction of sp³-hybridized carbons (Fsp3) is 0.360. The van der Waals surface area contributed by atoms with Gasteiger partial charge in [-0.25, -0.2) is 14.4 Å². The lowest BCUT2D eigenvalue weighted by Crippen LogP contribution is -2.48. The predicted molar refractivity (Wildman–Crippen MR) is 127 cm³/mol. The Labute approximate surface area is 191 Å². The van der Waals surface area contributed by atoms with Gasteiger partial charge in [0, 0.05) is 43.4 Å². The van der Waals surface area contributed by atoms with Gasteiger partial charge in [-0.1, -0.05) is 0 Å². The molecule has 0 spiro atoms. The smallest absolute Gasteiger partial charge is 0.140 e. The summed E-state index contributed by atoms with van der Waals surface area (Å²) in [5.41, 5.74) is 10.1. The molecule has 1 aliphatic heterocycles. The van der Waals surface area contributed by atoms with Crippen LogP contribution in [0.5, 0.6) is 5.75 Å². The van der Waals surface area contributed by atoms with Crippen molar-refractivity contribution < 1.29 is 13.9 Å². The number of rotatable bonds is 6. The molecule has 0 aliphatic carbocycles. The summed E-state index contributed by atoms with van der Waals surface area (Å²) in [6, 6.07) is 10.8. The summed E-state index contributed by atoms with van der Waals surface area (Å²) in [6.45, 7) is 4.72. The number of piperidine rings is 1. The van der Waals surface area contributed by atoms with Crippen molar-refractivity contribution in [3.05, 3.63) is 54.6 Å². The van der Waals surface area contributed by atoms with Crippen LogP contribution in [0.4, 0.5) is 10.1 Å². The number of halogens is 1. The average Bonchev–Trinajstić information content (AvgIpc) is 3.23. The zero-order valence-corrected chi connectivity index (χ0v) is 18.9. The molecule has 0 unspecified atom stereocenters. The van der Waals surface area contributed by atoms with Crippen molar-refractivity contribution in [3.8, 4) is 17.1 Å². The van der Waals surface area contributed by atoms with Crippen LogP contribution in [-0.4, -0.2) is 53.3 Å². The van der Waals surface area contributed by atoms with Crippen molar-refractivity contribution in [1.82, 2.24) is 14.4 Å². The van der Waals surface area contributed by atoms with Crippen LogP contribution in [0.1, 0.15) is 19.8 Å². The van der Waals surface area contributed by atoms with Gasteiger partial charge in [0.2, 0.25) is 0 Å². The Balaban J connectivity index is 1.52. The zero-order chi connectivity index (χ0) is 23.0. The van der Waals surface area contributed by atoms with E-state index in [1.807, 2.05) is 34.9 Å². The van der Waals surface area contributed by atoms with E-state index in [-0.39, 0.29) is 11.4 Å². The molecule has 0 saturated carbocycles. The molecule has 0 radical (unpaired) electrons. The van der Waals surface area contributed by atoms with Gasteiger partial charge in [0.05, 0.1) is 35.4 Å². The third kappa shape index (κ3) is 4.24. The molecule has 0 bridgehead atoms. The largest absolute Gasteiger partial charge is 0.491 e. The number of fused-ring (bicyclic) bond motifs is 2. The summed E-state index contributed by atoms with van der Waals surface area (Å²) in [5.74, 6) is 0.453. The number of anilines is 1. The first-order valence-electron chi connectivity index (χ1n) is 11.2. The van der Waals surface area contributed by atoms with Crippen LogP contribution in [0, 0.1) is 5.82 Å². The summed E-state index contributed by atoms with van der Waals surface area (Å²) >= 11 is 0. The molecule has 4 aromatic rings. The molecule has 2 N–H and O–H groups in total. The molecule has 1 saturated heterocycles. The predicted octanol–water partition coefficient (Wildman–Crippen LogP) is 4.03. The van der Waals surface area contributed by atoms with Crippen LogP contribution in [0.3, 0.4) is 0 Å². The molecule has 1 aliphatic rings. The highest BCUT2D eigenvalue weighted by atomic mass is 19.1. The zero-order valence-electron chi connectivity index (χ0n) is 18.9. The monoisotopic (exact) mass is 449 g/mol. The van der Waals surface area contributed by atoms with E-state index in [9.17, 15) is 4.39 Å². The molecule has 1 fully saturated rings. The van der Waals surface area contributed by atoms with E-state index in [0.29, 0.717) is 24.1 Å². The molecular weight excluding hydrogens is 421 g/mol. The van der Waals surface area contributed by atoms with Crippen molar-refractivity contribution in [3.63, 3.8) is 0 Å². The second-order valence-electron chi connectivity index (χ2n) is 8.88. The Morgan fingerprint density at radius 1 is 1.12 bits per heavy atom. The Hall–Kier alpha value is -3.23. The molecule has 172 valence electrons. The molecule has 1 aromatic carbocycles. The molecular formula is C25H28FN5O2. The maximum absolute atomic E-state index is 14.6. The van der Waals surface area contributed by atoms with Gasteiger partial charge in [-0.15, -0.1) is 0 Å². The van der Waals surface area contributed by atoms with Crippen LogP contribution < -0.4 is 15.4 Å². The Bertz CT molecular complexity index is 1290. The highest BCUT2D eigenvalue weighted by molar-refractivity contribution is 5.93. The summed E-state index contributed by atoms with van der Waals surface area (Å²) < 4.78 is 27.3. The number of aromatic nitrogens is 3. The SMILES string of the molecule is COCCOc1ccn2c(-c3ccc4c(F)ccc(N5CCC(C)(N)CC5)c4n3)cnc2c1. The van der Waals surface area contributed by atoms with Crippen LogP contribution in [0.2, 0.25) is 0 Å². The summed E-state index contributed by atoms with van der Waals surface area (Å²) in [6.07, 6.45) is 5.45. The highest BCUT2D eigenvalue weighted by Crippen LogP contribution is 2.33. The van der Waals surface area contributed by atoms with Crippen molar-refractivity contribution in [2.45, 2.75) is 25.3 Å². The maximum atomic E-state index is 14.6. The summed E-state index contributed by atoms with van der Waals surface area (Å²) in [5, 5.41) is 0.514. The van der Waals surface area contributed by atoms with Gasteiger partial charge in [-0.05, 0) is 50.1 Å². The standard InChI is InChI=1S/C25H28FN5O2/c1-25(27)8-11-30(12-9-25)21-6-4-19(26)18-3-5-20(29-24(18)21)22-16-28-23-15-17(7-10-31(22)23)33-14-13-32-2/h3-7,10,15-16H,8-9,11-14,27H2,1-2H3. The van der Waals surface area contributed by atoms with Crippen molar-refractivity contribution in [1.29, 1.82) is 0 Å². The van der Waals surface area contributed by atoms with Crippen LogP contribution >= 0.6 is 0 Å². The van der Waals surface area contributed by atoms with E-state index < -0.39 is 0 Å². The number of hydrogen-bond acceptors (Lipinski definition) is 6. The van der Waals surface area contributed by atoms with E-state index >= 15 is 0 Å². The molecule has 4 heterocycles. The number of nitrogens with two attached hydrogens (primary N) is 1. The molecule has 33 heavy (non-hydrogen) atoms. The van der Waals surface area contributed by atoms with E-state index in [1.54, 1.807) is 19.4 Å². The van der Waals surface area contributed by atoms with Gasteiger partial charge in [-0.2, -0.15) is 0 Å². The molecule has 3 aromatic heterocycles. The molecule has 7 nitrogen and oxygen atoms in total. The molecule has 0 amide bonds. The number of methoxy groups -OCH3 is 1. The van der Waals surface area contributed by atoms with Gasteiger partial charge < -0.3 is 20.1 Å². The third-order valence-electron chi connectivity index (χ3n) is 6.33.